The number of hydrogen-bond acceptors (Lipinski definition) is 2. The third-order valence-corrected chi connectivity index (χ3v) is 1.49. The summed E-state index contributed by atoms with van der Waals surface area (Å²) in [6.07, 6.45) is 0.284. The van der Waals surface area contributed by atoms with Crippen LogP contribution in [0, 0.1) is 0 Å². The SMILES string of the molecule is CCC(O)Nc1ccccc1.[AlH3]. The highest BCUT2D eigenvalue weighted by Gasteiger charge is 1.97. The average molecular weight is 181 g/mol. The molecule has 0 saturated carbocycles. The van der Waals surface area contributed by atoms with Gasteiger partial charge in [-0.05, 0) is 18.6 Å². The first-order valence-electron chi connectivity index (χ1n) is 3.82. The van der Waals surface area contributed by atoms with Crippen molar-refractivity contribution in [3.05, 3.63) is 30.3 Å². The lowest BCUT2D eigenvalue weighted by Crippen LogP contribution is -2.16. The number of nitrogens with one attached hydrogen (secondary N) is 1. The van der Waals surface area contributed by atoms with Crippen molar-refractivity contribution < 1.29 is 5.11 Å². The van der Waals surface area contributed by atoms with Gasteiger partial charge in [0.2, 0.25) is 0 Å². The molecule has 12 heavy (non-hydrogen) atoms. The maximum Gasteiger partial charge on any atom is 0.187 e. The summed E-state index contributed by atoms with van der Waals surface area (Å²) in [5.41, 5.74) is 0.960. The molecule has 0 heterocycles. The van der Waals surface area contributed by atoms with Crippen LogP contribution in [0.3, 0.4) is 0 Å². The molecule has 0 radical (unpaired) electrons. The fourth-order valence-electron chi connectivity index (χ4n) is 0.829. The number of aliphatic hydroxyl groups excluding tert-OH is 1. The zero-order chi connectivity index (χ0) is 8.10. The van der Waals surface area contributed by atoms with E-state index in [1.165, 1.54) is 0 Å². The van der Waals surface area contributed by atoms with Gasteiger partial charge in [0, 0.05) is 5.69 Å². The smallest absolute Gasteiger partial charge is 0.187 e. The van der Waals surface area contributed by atoms with E-state index in [1.807, 2.05) is 37.3 Å². The Balaban J connectivity index is 0.00000121. The van der Waals surface area contributed by atoms with Gasteiger partial charge in [0.25, 0.3) is 0 Å². The van der Waals surface area contributed by atoms with Crippen molar-refractivity contribution in [1.82, 2.24) is 0 Å². The van der Waals surface area contributed by atoms with Crippen LogP contribution in [0.5, 0.6) is 0 Å². The van der Waals surface area contributed by atoms with Crippen molar-refractivity contribution >= 4 is 23.0 Å². The van der Waals surface area contributed by atoms with Crippen LogP contribution < -0.4 is 5.32 Å². The molecule has 3 heteroatoms. The predicted molar refractivity (Wildman–Crippen MR) is 56.3 cm³/mol. The maximum absolute atomic E-state index is 9.20. The molecular weight excluding hydrogens is 165 g/mol. The quantitative estimate of drug-likeness (QED) is 0.530. The van der Waals surface area contributed by atoms with Crippen LogP contribution in [0.15, 0.2) is 30.3 Å². The van der Waals surface area contributed by atoms with Gasteiger partial charge in [0.1, 0.15) is 6.23 Å². The Morgan fingerprint density at radius 3 is 2.42 bits per heavy atom. The van der Waals surface area contributed by atoms with E-state index in [4.69, 9.17) is 0 Å². The molecule has 0 aliphatic rings. The second-order valence-electron chi connectivity index (χ2n) is 2.43. The van der Waals surface area contributed by atoms with Crippen LogP contribution in [0.4, 0.5) is 5.69 Å². The maximum atomic E-state index is 9.20. The summed E-state index contributed by atoms with van der Waals surface area (Å²) in [6.45, 7) is 1.93. The van der Waals surface area contributed by atoms with Crippen molar-refractivity contribution in [2.75, 3.05) is 5.32 Å². The first-order valence-corrected chi connectivity index (χ1v) is 3.82. The molecule has 0 spiro atoms. The standard InChI is InChI=1S/C9H13NO.Al.3H/c1-2-9(11)10-8-6-4-3-5-7-8;;;;/h3-7,9-11H,2H2,1H3;;;;. The minimum absolute atomic E-state index is 0. The molecule has 2 N–H and O–H groups in total. The van der Waals surface area contributed by atoms with E-state index in [2.05, 4.69) is 5.32 Å². The molecule has 0 aliphatic carbocycles. The molecule has 1 aromatic rings. The monoisotopic (exact) mass is 181 g/mol. The summed E-state index contributed by atoms with van der Waals surface area (Å²) < 4.78 is 0. The average Bonchev–Trinajstić information content (AvgIpc) is 2.06. The first-order chi connectivity index (χ1) is 5.33. The Bertz CT molecular complexity index is 203. The molecule has 1 aromatic carbocycles. The van der Waals surface area contributed by atoms with Crippen LogP contribution in [-0.4, -0.2) is 28.7 Å². The third kappa shape index (κ3) is 3.78. The Hall–Kier alpha value is -0.488. The summed E-state index contributed by atoms with van der Waals surface area (Å²) in [5.74, 6) is 0. The summed E-state index contributed by atoms with van der Waals surface area (Å²) in [6, 6.07) is 9.68. The van der Waals surface area contributed by atoms with Crippen molar-refractivity contribution in [2.45, 2.75) is 19.6 Å². The predicted octanol–water partition coefficient (Wildman–Crippen LogP) is 0.643. The Morgan fingerprint density at radius 2 is 1.92 bits per heavy atom. The number of hydrogen-bond donors (Lipinski definition) is 2. The Labute approximate surface area is 83.7 Å². The van der Waals surface area contributed by atoms with Gasteiger partial charge in [-0.2, -0.15) is 0 Å². The molecule has 1 atom stereocenters. The topological polar surface area (TPSA) is 32.3 Å². The van der Waals surface area contributed by atoms with Crippen LogP contribution in [0.25, 0.3) is 0 Å². The van der Waals surface area contributed by atoms with Crippen LogP contribution >= 0.6 is 0 Å². The summed E-state index contributed by atoms with van der Waals surface area (Å²) in [7, 11) is 0. The molecular formula is C9H16AlNO. The van der Waals surface area contributed by atoms with Gasteiger partial charge in [-0.3, -0.25) is 0 Å². The van der Waals surface area contributed by atoms with Crippen LogP contribution in [-0.2, 0) is 0 Å². The van der Waals surface area contributed by atoms with Crippen molar-refractivity contribution in [1.29, 1.82) is 0 Å². The number of para-hydroxylation sites is 1. The second-order valence-corrected chi connectivity index (χ2v) is 2.43. The van der Waals surface area contributed by atoms with Crippen LogP contribution in [0.1, 0.15) is 13.3 Å². The Morgan fingerprint density at radius 1 is 1.33 bits per heavy atom. The molecule has 66 valence electrons. The molecule has 1 unspecified atom stereocenters. The van der Waals surface area contributed by atoms with Gasteiger partial charge in [-0.1, -0.05) is 25.1 Å². The fraction of sp³-hybridized carbons (Fsp3) is 0.333. The van der Waals surface area contributed by atoms with E-state index in [-0.39, 0.29) is 17.4 Å². The Kier molecular flexibility index (Phi) is 5.83. The van der Waals surface area contributed by atoms with Crippen molar-refractivity contribution in [3.63, 3.8) is 0 Å². The molecule has 0 aromatic heterocycles. The minimum atomic E-state index is -0.433. The van der Waals surface area contributed by atoms with Gasteiger partial charge < -0.3 is 10.4 Å². The number of benzene rings is 1. The minimum Gasteiger partial charge on any atom is -0.374 e. The highest BCUT2D eigenvalue weighted by atomic mass is 27.0. The molecule has 0 saturated heterocycles. The lowest BCUT2D eigenvalue weighted by atomic mass is 10.3. The number of aliphatic hydroxyl groups is 1. The molecule has 1 rings (SSSR count). The highest BCUT2D eigenvalue weighted by molar-refractivity contribution is 5.75. The van der Waals surface area contributed by atoms with Gasteiger partial charge in [0.05, 0.1) is 0 Å². The highest BCUT2D eigenvalue weighted by Crippen LogP contribution is 2.06. The lowest BCUT2D eigenvalue weighted by molar-refractivity contribution is 0.199. The van der Waals surface area contributed by atoms with Gasteiger partial charge in [-0.25, -0.2) is 0 Å². The van der Waals surface area contributed by atoms with Crippen molar-refractivity contribution in [2.24, 2.45) is 0 Å². The summed E-state index contributed by atoms with van der Waals surface area (Å²) in [4.78, 5) is 0. The second kappa shape index (κ2) is 6.08. The molecule has 0 aliphatic heterocycles. The first kappa shape index (κ1) is 11.5. The van der Waals surface area contributed by atoms with Crippen molar-refractivity contribution in [3.8, 4) is 0 Å². The van der Waals surface area contributed by atoms with Gasteiger partial charge in [0.15, 0.2) is 17.4 Å². The zero-order valence-corrected chi connectivity index (χ0v) is 6.62. The van der Waals surface area contributed by atoms with Gasteiger partial charge in [-0.15, -0.1) is 0 Å². The normalized spacial score (nSPS) is 11.5. The summed E-state index contributed by atoms with van der Waals surface area (Å²) in [5, 5.41) is 12.1. The van der Waals surface area contributed by atoms with Crippen LogP contribution in [0.2, 0.25) is 0 Å². The third-order valence-electron chi connectivity index (χ3n) is 1.49. The van der Waals surface area contributed by atoms with Gasteiger partial charge >= 0.3 is 0 Å². The molecule has 0 amide bonds. The molecule has 0 fully saturated rings. The molecule has 2 nitrogen and oxygen atoms in total. The van der Waals surface area contributed by atoms with E-state index in [1.54, 1.807) is 0 Å². The number of rotatable bonds is 3. The number of anilines is 1. The van der Waals surface area contributed by atoms with E-state index < -0.39 is 6.23 Å². The molecule has 0 bridgehead atoms. The van der Waals surface area contributed by atoms with E-state index in [9.17, 15) is 5.11 Å². The summed E-state index contributed by atoms with van der Waals surface area (Å²) >= 11 is 0. The van der Waals surface area contributed by atoms with E-state index in [0.717, 1.165) is 12.1 Å². The van der Waals surface area contributed by atoms with E-state index in [0.29, 0.717) is 0 Å². The van der Waals surface area contributed by atoms with E-state index >= 15 is 0 Å². The largest absolute Gasteiger partial charge is 0.374 e. The zero-order valence-electron chi connectivity index (χ0n) is 6.62. The lowest BCUT2D eigenvalue weighted by Gasteiger charge is -2.10. The fourth-order valence-corrected chi connectivity index (χ4v) is 0.829.